The molecule has 1 aromatic carbocycles. The van der Waals surface area contributed by atoms with Crippen LogP contribution in [0.4, 0.5) is 0 Å². The monoisotopic (exact) mass is 248 g/mol. The van der Waals surface area contributed by atoms with Gasteiger partial charge in [-0.2, -0.15) is 0 Å². The minimum atomic E-state index is 0.138. The molecule has 0 aliphatic rings. The molecule has 0 radical (unpaired) electrons. The van der Waals surface area contributed by atoms with Crippen molar-refractivity contribution in [3.8, 4) is 5.75 Å². The highest BCUT2D eigenvalue weighted by molar-refractivity contribution is 7.07. The number of thiazole rings is 1. The van der Waals surface area contributed by atoms with Gasteiger partial charge < -0.3 is 10.5 Å². The average Bonchev–Trinajstić information content (AvgIpc) is 2.80. The molecule has 0 fully saturated rings. The first kappa shape index (κ1) is 12.1. The smallest absolute Gasteiger partial charge is 0.131 e. The Labute approximate surface area is 105 Å². The van der Waals surface area contributed by atoms with Crippen LogP contribution in [0.15, 0.2) is 35.2 Å². The molecule has 0 spiro atoms. The van der Waals surface area contributed by atoms with Crippen molar-refractivity contribution in [3.05, 3.63) is 46.4 Å². The minimum absolute atomic E-state index is 0.138. The highest BCUT2D eigenvalue weighted by Gasteiger charge is 2.06. The maximum absolute atomic E-state index is 5.82. The first-order valence-corrected chi connectivity index (χ1v) is 6.53. The number of aromatic nitrogens is 1. The maximum Gasteiger partial charge on any atom is 0.131 e. The van der Waals surface area contributed by atoms with Gasteiger partial charge in [-0.3, -0.25) is 0 Å². The second kappa shape index (κ2) is 5.80. The normalized spacial score (nSPS) is 12.4. The topological polar surface area (TPSA) is 48.1 Å². The lowest BCUT2D eigenvalue weighted by molar-refractivity contribution is 0.298. The Morgan fingerprint density at radius 3 is 2.94 bits per heavy atom. The predicted molar refractivity (Wildman–Crippen MR) is 70.2 cm³/mol. The third kappa shape index (κ3) is 3.54. The molecular weight excluding hydrogens is 232 g/mol. The number of nitrogens with zero attached hydrogens (tertiary/aromatic N) is 1. The van der Waals surface area contributed by atoms with Crippen molar-refractivity contribution < 1.29 is 4.74 Å². The SMILES string of the molecule is CC(N)Cc1ccccc1OCc1cscn1. The van der Waals surface area contributed by atoms with Crippen molar-refractivity contribution in [2.45, 2.75) is 26.0 Å². The molecule has 1 heterocycles. The fraction of sp³-hybridized carbons (Fsp3) is 0.308. The zero-order valence-corrected chi connectivity index (χ0v) is 10.6. The summed E-state index contributed by atoms with van der Waals surface area (Å²) in [6.07, 6.45) is 0.827. The van der Waals surface area contributed by atoms with Crippen LogP contribution in [0.1, 0.15) is 18.2 Å². The van der Waals surface area contributed by atoms with Gasteiger partial charge >= 0.3 is 0 Å². The fourth-order valence-electron chi connectivity index (χ4n) is 1.62. The Balaban J connectivity index is 2.04. The molecule has 0 aliphatic carbocycles. The van der Waals surface area contributed by atoms with Crippen molar-refractivity contribution in [2.75, 3.05) is 0 Å². The zero-order chi connectivity index (χ0) is 12.1. The summed E-state index contributed by atoms with van der Waals surface area (Å²) >= 11 is 1.58. The van der Waals surface area contributed by atoms with Gasteiger partial charge in [0.05, 0.1) is 11.2 Å². The third-order valence-electron chi connectivity index (χ3n) is 2.37. The lowest BCUT2D eigenvalue weighted by Crippen LogP contribution is -2.18. The molecule has 1 atom stereocenters. The number of ether oxygens (including phenoxy) is 1. The maximum atomic E-state index is 5.82. The van der Waals surface area contributed by atoms with Crippen LogP contribution in [0.3, 0.4) is 0 Å². The summed E-state index contributed by atoms with van der Waals surface area (Å²) in [5.41, 5.74) is 9.74. The Morgan fingerprint density at radius 2 is 2.24 bits per heavy atom. The van der Waals surface area contributed by atoms with Gasteiger partial charge in [-0.05, 0) is 25.0 Å². The Kier molecular flexibility index (Phi) is 4.12. The average molecular weight is 248 g/mol. The van der Waals surface area contributed by atoms with Crippen LogP contribution in [0, 0.1) is 0 Å². The van der Waals surface area contributed by atoms with Crippen molar-refractivity contribution >= 4 is 11.3 Å². The van der Waals surface area contributed by atoms with E-state index >= 15 is 0 Å². The van der Waals surface area contributed by atoms with E-state index in [4.69, 9.17) is 10.5 Å². The molecule has 3 nitrogen and oxygen atoms in total. The van der Waals surface area contributed by atoms with Crippen LogP contribution in [0.25, 0.3) is 0 Å². The quantitative estimate of drug-likeness (QED) is 0.884. The van der Waals surface area contributed by atoms with E-state index in [0.29, 0.717) is 6.61 Å². The van der Waals surface area contributed by atoms with Gasteiger partial charge in [0.15, 0.2) is 0 Å². The molecule has 0 aliphatic heterocycles. The van der Waals surface area contributed by atoms with Gasteiger partial charge in [-0.25, -0.2) is 4.98 Å². The Morgan fingerprint density at radius 1 is 1.41 bits per heavy atom. The molecule has 17 heavy (non-hydrogen) atoms. The largest absolute Gasteiger partial charge is 0.487 e. The standard InChI is InChI=1S/C13H16N2OS/c1-10(14)6-11-4-2-3-5-13(11)16-7-12-8-17-9-15-12/h2-5,8-10H,6-7,14H2,1H3. The number of hydrogen-bond acceptors (Lipinski definition) is 4. The molecule has 0 saturated heterocycles. The van der Waals surface area contributed by atoms with Gasteiger partial charge in [-0.1, -0.05) is 18.2 Å². The van der Waals surface area contributed by atoms with Crippen molar-refractivity contribution in [1.29, 1.82) is 0 Å². The minimum Gasteiger partial charge on any atom is -0.487 e. The molecule has 90 valence electrons. The van der Waals surface area contributed by atoms with E-state index in [1.54, 1.807) is 11.3 Å². The molecule has 4 heteroatoms. The highest BCUT2D eigenvalue weighted by atomic mass is 32.1. The number of hydrogen-bond donors (Lipinski definition) is 1. The van der Waals surface area contributed by atoms with Gasteiger partial charge in [0.2, 0.25) is 0 Å². The number of para-hydroxylation sites is 1. The summed E-state index contributed by atoms with van der Waals surface area (Å²) in [5, 5.41) is 1.99. The fourth-order valence-corrected chi connectivity index (χ4v) is 2.16. The lowest BCUT2D eigenvalue weighted by atomic mass is 10.1. The van der Waals surface area contributed by atoms with E-state index in [1.807, 2.05) is 36.0 Å². The summed E-state index contributed by atoms with van der Waals surface area (Å²) in [6.45, 7) is 2.51. The van der Waals surface area contributed by atoms with E-state index in [-0.39, 0.29) is 6.04 Å². The Bertz CT molecular complexity index is 454. The zero-order valence-electron chi connectivity index (χ0n) is 9.80. The molecule has 0 saturated carbocycles. The predicted octanol–water partition coefficient (Wildman–Crippen LogP) is 2.61. The number of benzene rings is 1. The van der Waals surface area contributed by atoms with Crippen LogP contribution in [-0.2, 0) is 13.0 Å². The first-order valence-electron chi connectivity index (χ1n) is 5.59. The molecule has 0 amide bonds. The summed E-state index contributed by atoms with van der Waals surface area (Å²) in [4.78, 5) is 4.19. The van der Waals surface area contributed by atoms with E-state index in [9.17, 15) is 0 Å². The molecular formula is C13H16N2OS. The van der Waals surface area contributed by atoms with Crippen LogP contribution in [-0.4, -0.2) is 11.0 Å². The summed E-state index contributed by atoms with van der Waals surface area (Å²) in [7, 11) is 0. The van der Waals surface area contributed by atoms with Gasteiger partial charge in [0.25, 0.3) is 0 Å². The molecule has 1 unspecified atom stereocenters. The van der Waals surface area contributed by atoms with Crippen LogP contribution >= 0.6 is 11.3 Å². The second-order valence-electron chi connectivity index (χ2n) is 4.06. The molecule has 2 rings (SSSR count). The molecule has 2 aromatic rings. The summed E-state index contributed by atoms with van der Waals surface area (Å²) in [6, 6.07) is 8.15. The highest BCUT2D eigenvalue weighted by Crippen LogP contribution is 2.20. The summed E-state index contributed by atoms with van der Waals surface area (Å²) in [5.74, 6) is 0.901. The van der Waals surface area contributed by atoms with E-state index < -0.39 is 0 Å². The molecule has 2 N–H and O–H groups in total. The van der Waals surface area contributed by atoms with Gasteiger partial charge in [0, 0.05) is 11.4 Å². The third-order valence-corrected chi connectivity index (χ3v) is 3.01. The van der Waals surface area contributed by atoms with Crippen molar-refractivity contribution in [3.63, 3.8) is 0 Å². The van der Waals surface area contributed by atoms with Crippen molar-refractivity contribution in [1.82, 2.24) is 4.98 Å². The lowest BCUT2D eigenvalue weighted by Gasteiger charge is -2.12. The van der Waals surface area contributed by atoms with Crippen LogP contribution < -0.4 is 10.5 Å². The second-order valence-corrected chi connectivity index (χ2v) is 4.78. The van der Waals surface area contributed by atoms with E-state index in [0.717, 1.165) is 23.4 Å². The van der Waals surface area contributed by atoms with E-state index in [2.05, 4.69) is 11.1 Å². The van der Waals surface area contributed by atoms with Crippen LogP contribution in [0.5, 0.6) is 5.75 Å². The summed E-state index contributed by atoms with van der Waals surface area (Å²) < 4.78 is 5.77. The molecule has 1 aromatic heterocycles. The Hall–Kier alpha value is -1.39. The van der Waals surface area contributed by atoms with E-state index in [1.165, 1.54) is 0 Å². The van der Waals surface area contributed by atoms with Gasteiger partial charge in [0.1, 0.15) is 12.4 Å². The number of nitrogens with two attached hydrogens (primary N) is 1. The van der Waals surface area contributed by atoms with Crippen LogP contribution in [0.2, 0.25) is 0 Å². The number of rotatable bonds is 5. The van der Waals surface area contributed by atoms with Crippen molar-refractivity contribution in [2.24, 2.45) is 5.73 Å². The first-order chi connectivity index (χ1) is 8.25. The van der Waals surface area contributed by atoms with Gasteiger partial charge in [-0.15, -0.1) is 11.3 Å². The molecule has 0 bridgehead atoms.